The van der Waals surface area contributed by atoms with Crippen LogP contribution in [0.15, 0.2) is 12.7 Å². The minimum absolute atomic E-state index is 0. The Hall–Kier alpha value is -0.0300. The predicted octanol–water partition coefficient (Wildman–Crippen LogP) is -3.40. The normalized spacial score (nSPS) is 6.78. The van der Waals surface area contributed by atoms with Gasteiger partial charge < -0.3 is 14.9 Å². The average molecular weight is 140 g/mol. The van der Waals surface area contributed by atoms with Crippen LogP contribution < -0.4 is 34.8 Å². The molecule has 0 fully saturated rings. The fourth-order valence-corrected chi connectivity index (χ4v) is 0.151. The number of carbonyl (C=O) groups is 1. The van der Waals surface area contributed by atoms with Crippen molar-refractivity contribution < 1.29 is 49.2 Å². The van der Waals surface area contributed by atoms with Gasteiger partial charge >= 0.3 is 35.7 Å². The average Bonchev–Trinajstić information content (AvgIpc) is 1.83. The summed E-state index contributed by atoms with van der Waals surface area (Å²) in [5, 5.41) is 9.13. The van der Waals surface area contributed by atoms with Crippen LogP contribution >= 0.6 is 0 Å². The van der Waals surface area contributed by atoms with Crippen molar-refractivity contribution >= 4 is 6.16 Å². The number of carbonyl (C=O) groups excluding carboxylic acids is 1. The quantitative estimate of drug-likeness (QED) is 0.132. The van der Waals surface area contributed by atoms with E-state index in [0.29, 0.717) is 0 Å². The third-order valence-corrected chi connectivity index (χ3v) is 0.387. The zero-order valence-corrected chi connectivity index (χ0v) is 7.12. The van der Waals surface area contributed by atoms with E-state index in [4.69, 9.17) is 5.26 Å². The molecule has 0 unspecified atom stereocenters. The van der Waals surface area contributed by atoms with E-state index < -0.39 is 6.16 Å². The van der Waals surface area contributed by atoms with E-state index in [1.54, 1.807) is 0 Å². The Kier molecular flexibility index (Phi) is 10.4. The molecular formula is C4H5NaO4. The Morgan fingerprint density at radius 1 is 1.78 bits per heavy atom. The summed E-state index contributed by atoms with van der Waals surface area (Å²) in [6.07, 6.45) is 0.0987. The first-order chi connectivity index (χ1) is 3.81. The van der Waals surface area contributed by atoms with E-state index in [-0.39, 0.29) is 36.2 Å². The summed E-state index contributed by atoms with van der Waals surface area (Å²) in [6.45, 7) is 3.23. The minimum atomic E-state index is -1.23. The first-order valence-electron chi connectivity index (χ1n) is 1.88. The minimum Gasteiger partial charge on any atom is -0.659 e. The maximum atomic E-state index is 9.77. The van der Waals surface area contributed by atoms with Gasteiger partial charge in [-0.05, 0) is 0 Å². The van der Waals surface area contributed by atoms with E-state index in [0.717, 1.165) is 0 Å². The zero-order chi connectivity index (χ0) is 6.41. The second kappa shape index (κ2) is 7.97. The summed E-state index contributed by atoms with van der Waals surface area (Å²) in [5.74, 6) is 0. The van der Waals surface area contributed by atoms with E-state index in [1.165, 1.54) is 6.08 Å². The zero-order valence-electron chi connectivity index (χ0n) is 5.12. The smallest absolute Gasteiger partial charge is 0.659 e. The summed E-state index contributed by atoms with van der Waals surface area (Å²) in [7, 11) is 0. The van der Waals surface area contributed by atoms with Gasteiger partial charge in [0.15, 0.2) is 0 Å². The molecule has 0 aromatic carbocycles. The van der Waals surface area contributed by atoms with Gasteiger partial charge in [0, 0.05) is 0 Å². The molecule has 0 aliphatic rings. The van der Waals surface area contributed by atoms with Crippen LogP contribution in [-0.2, 0) is 9.62 Å². The van der Waals surface area contributed by atoms with Crippen molar-refractivity contribution in [3.8, 4) is 0 Å². The fraction of sp³-hybridized carbons (Fsp3) is 0.250. The Labute approximate surface area is 74.7 Å². The van der Waals surface area contributed by atoms with E-state index in [9.17, 15) is 4.79 Å². The summed E-state index contributed by atoms with van der Waals surface area (Å²) in [4.78, 5) is 12.7. The van der Waals surface area contributed by atoms with Crippen LogP contribution in [-0.4, -0.2) is 12.8 Å². The standard InChI is InChI=1S/C4H6O4.Na/c1-2-3-7-4(5)8-6;/h2,6H,1,3H2;/q;+1/p-1. The summed E-state index contributed by atoms with van der Waals surface area (Å²) in [5.41, 5.74) is 0. The third kappa shape index (κ3) is 7.97. The van der Waals surface area contributed by atoms with Crippen molar-refractivity contribution in [2.45, 2.75) is 0 Å². The van der Waals surface area contributed by atoms with Crippen LogP contribution in [0.3, 0.4) is 0 Å². The molecule has 0 aliphatic heterocycles. The number of rotatable bonds is 2. The number of hydrogen-bond acceptors (Lipinski definition) is 4. The van der Waals surface area contributed by atoms with Gasteiger partial charge in [-0.3, -0.25) is 0 Å². The van der Waals surface area contributed by atoms with Crippen LogP contribution in [0.25, 0.3) is 0 Å². The molecule has 0 rings (SSSR count). The van der Waals surface area contributed by atoms with Crippen molar-refractivity contribution in [2.75, 3.05) is 6.61 Å². The molecular weight excluding hydrogens is 135 g/mol. The van der Waals surface area contributed by atoms with Gasteiger partial charge in [-0.1, -0.05) is 12.7 Å². The van der Waals surface area contributed by atoms with E-state index >= 15 is 0 Å². The molecule has 0 spiro atoms. The molecule has 4 nitrogen and oxygen atoms in total. The number of hydrogen-bond donors (Lipinski definition) is 0. The van der Waals surface area contributed by atoms with Crippen LogP contribution in [0.5, 0.6) is 0 Å². The van der Waals surface area contributed by atoms with Gasteiger partial charge in [0.2, 0.25) is 0 Å². The molecule has 0 N–H and O–H groups in total. The molecule has 0 saturated carbocycles. The largest absolute Gasteiger partial charge is 1.00 e. The third-order valence-electron chi connectivity index (χ3n) is 0.387. The molecule has 0 aromatic heterocycles. The molecule has 0 radical (unpaired) electrons. The SMILES string of the molecule is C=CCOC(=O)O[O-].[Na+]. The molecule has 0 bridgehead atoms. The molecule has 46 valence electrons. The van der Waals surface area contributed by atoms with Gasteiger partial charge in [-0.15, -0.1) is 0 Å². The van der Waals surface area contributed by atoms with Crippen LogP contribution in [0.2, 0.25) is 0 Å². The maximum absolute atomic E-state index is 9.77. The monoisotopic (exact) mass is 140 g/mol. The summed E-state index contributed by atoms with van der Waals surface area (Å²) < 4.78 is 4.05. The van der Waals surface area contributed by atoms with Crippen LogP contribution in [0, 0.1) is 0 Å². The van der Waals surface area contributed by atoms with Crippen LogP contribution in [0.4, 0.5) is 4.79 Å². The van der Waals surface area contributed by atoms with Gasteiger partial charge in [-0.25, -0.2) is 4.79 Å². The number of ether oxygens (including phenoxy) is 1. The van der Waals surface area contributed by atoms with Gasteiger partial charge in [0.25, 0.3) is 0 Å². The molecule has 0 amide bonds. The molecule has 9 heavy (non-hydrogen) atoms. The van der Waals surface area contributed by atoms with E-state index in [1.807, 2.05) is 0 Å². The second-order valence-corrected chi connectivity index (χ2v) is 0.933. The fourth-order valence-electron chi connectivity index (χ4n) is 0.151. The Balaban J connectivity index is 0. The molecule has 0 atom stereocenters. The van der Waals surface area contributed by atoms with Crippen molar-refractivity contribution in [1.82, 2.24) is 0 Å². The Bertz CT molecular complexity index is 92.6. The molecule has 0 heterocycles. The first kappa shape index (κ1) is 11.7. The Morgan fingerprint density at radius 3 is 2.67 bits per heavy atom. The molecule has 0 aromatic rings. The van der Waals surface area contributed by atoms with Gasteiger partial charge in [0.05, 0.1) is 0 Å². The Morgan fingerprint density at radius 2 is 2.33 bits per heavy atom. The molecule has 0 aliphatic carbocycles. The predicted molar refractivity (Wildman–Crippen MR) is 22.6 cm³/mol. The van der Waals surface area contributed by atoms with E-state index in [2.05, 4.69) is 16.2 Å². The maximum Gasteiger partial charge on any atom is 1.00 e. The molecule has 5 heteroatoms. The first-order valence-corrected chi connectivity index (χ1v) is 1.88. The van der Waals surface area contributed by atoms with Gasteiger partial charge in [-0.2, -0.15) is 0 Å². The van der Waals surface area contributed by atoms with Crippen molar-refractivity contribution in [3.05, 3.63) is 12.7 Å². The van der Waals surface area contributed by atoms with Crippen molar-refractivity contribution in [2.24, 2.45) is 0 Å². The van der Waals surface area contributed by atoms with Crippen molar-refractivity contribution in [1.29, 1.82) is 0 Å². The van der Waals surface area contributed by atoms with Crippen molar-refractivity contribution in [3.63, 3.8) is 0 Å². The van der Waals surface area contributed by atoms with Gasteiger partial charge in [0.1, 0.15) is 6.61 Å². The summed E-state index contributed by atoms with van der Waals surface area (Å²) >= 11 is 0. The summed E-state index contributed by atoms with van der Waals surface area (Å²) in [6, 6.07) is 0. The molecule has 0 saturated heterocycles. The van der Waals surface area contributed by atoms with Crippen LogP contribution in [0.1, 0.15) is 0 Å². The topological polar surface area (TPSA) is 58.6 Å². The second-order valence-electron chi connectivity index (χ2n) is 0.933.